The van der Waals surface area contributed by atoms with Crippen LogP contribution in [0.4, 0.5) is 0 Å². The van der Waals surface area contributed by atoms with E-state index in [0.29, 0.717) is 19.4 Å². The summed E-state index contributed by atoms with van der Waals surface area (Å²) in [6.45, 7) is 0.656. The lowest BCUT2D eigenvalue weighted by atomic mass is 10.2. The summed E-state index contributed by atoms with van der Waals surface area (Å²) in [7, 11) is 0. The van der Waals surface area contributed by atoms with Gasteiger partial charge < -0.3 is 10.4 Å². The molecule has 4 heteroatoms. The van der Waals surface area contributed by atoms with E-state index in [2.05, 4.69) is 23.5 Å². The molecule has 90 valence electrons. The molecule has 0 spiro atoms. The molecule has 1 heterocycles. The highest BCUT2D eigenvalue weighted by molar-refractivity contribution is 7.19. The number of amides is 1. The Balaban J connectivity index is 1.96. The second kappa shape index (κ2) is 5.80. The van der Waals surface area contributed by atoms with Gasteiger partial charge >= 0.3 is 0 Å². The zero-order chi connectivity index (χ0) is 12.1. The number of hydrogen-bond donors (Lipinski definition) is 2. The zero-order valence-corrected chi connectivity index (χ0v) is 10.3. The molecule has 3 nitrogen and oxygen atoms in total. The SMILES string of the molecule is O=C(Cc1cc2ccccc2s1)NCCCO. The van der Waals surface area contributed by atoms with Crippen LogP contribution in [0.3, 0.4) is 0 Å². The minimum atomic E-state index is 0.0185. The lowest BCUT2D eigenvalue weighted by Gasteiger charge is -2.01. The Morgan fingerprint density at radius 3 is 2.94 bits per heavy atom. The summed E-state index contributed by atoms with van der Waals surface area (Å²) in [5.74, 6) is 0.0185. The molecule has 0 saturated carbocycles. The van der Waals surface area contributed by atoms with Crippen molar-refractivity contribution in [3.05, 3.63) is 35.2 Å². The average molecular weight is 249 g/mol. The Labute approximate surface area is 104 Å². The van der Waals surface area contributed by atoms with E-state index in [1.165, 1.54) is 10.1 Å². The molecule has 0 radical (unpaired) electrons. The molecule has 0 unspecified atom stereocenters. The van der Waals surface area contributed by atoms with Gasteiger partial charge in [-0.25, -0.2) is 0 Å². The molecule has 0 bridgehead atoms. The van der Waals surface area contributed by atoms with Crippen molar-refractivity contribution in [1.82, 2.24) is 5.32 Å². The summed E-state index contributed by atoms with van der Waals surface area (Å²) in [4.78, 5) is 12.7. The van der Waals surface area contributed by atoms with E-state index >= 15 is 0 Å². The Kier molecular flexibility index (Phi) is 4.12. The Bertz CT molecular complexity index is 474. The summed E-state index contributed by atoms with van der Waals surface area (Å²) in [5.41, 5.74) is 0. The number of benzene rings is 1. The van der Waals surface area contributed by atoms with Crippen molar-refractivity contribution in [2.75, 3.05) is 13.2 Å². The van der Waals surface area contributed by atoms with Crippen LogP contribution in [0, 0.1) is 0 Å². The Hall–Kier alpha value is -1.39. The molecule has 0 aliphatic heterocycles. The van der Waals surface area contributed by atoms with Gasteiger partial charge in [-0.15, -0.1) is 11.3 Å². The predicted molar refractivity (Wildman–Crippen MR) is 70.2 cm³/mol. The molecule has 1 aromatic heterocycles. The van der Waals surface area contributed by atoms with E-state index in [1.54, 1.807) is 11.3 Å². The molecule has 0 aliphatic carbocycles. The van der Waals surface area contributed by atoms with Gasteiger partial charge in [-0.2, -0.15) is 0 Å². The normalized spacial score (nSPS) is 10.6. The maximum Gasteiger partial charge on any atom is 0.225 e. The minimum Gasteiger partial charge on any atom is -0.396 e. The average Bonchev–Trinajstić information content (AvgIpc) is 2.71. The first-order valence-corrected chi connectivity index (χ1v) is 6.46. The van der Waals surface area contributed by atoms with Gasteiger partial charge in [0.05, 0.1) is 6.42 Å². The van der Waals surface area contributed by atoms with Crippen molar-refractivity contribution in [3.8, 4) is 0 Å². The molecular formula is C13H15NO2S. The van der Waals surface area contributed by atoms with Crippen LogP contribution < -0.4 is 5.32 Å². The van der Waals surface area contributed by atoms with Gasteiger partial charge in [0.2, 0.25) is 5.91 Å². The van der Waals surface area contributed by atoms with Crippen LogP contribution in [0.1, 0.15) is 11.3 Å². The van der Waals surface area contributed by atoms with Crippen LogP contribution in [-0.4, -0.2) is 24.2 Å². The molecule has 1 aromatic carbocycles. The molecule has 2 aromatic rings. The van der Waals surface area contributed by atoms with Crippen molar-refractivity contribution in [2.24, 2.45) is 0 Å². The van der Waals surface area contributed by atoms with Gasteiger partial charge in [0.25, 0.3) is 0 Å². The second-order valence-corrected chi connectivity index (χ2v) is 5.02. The fourth-order valence-corrected chi connectivity index (χ4v) is 2.71. The third-order valence-electron chi connectivity index (χ3n) is 2.47. The Morgan fingerprint density at radius 1 is 1.35 bits per heavy atom. The smallest absolute Gasteiger partial charge is 0.225 e. The van der Waals surface area contributed by atoms with Crippen molar-refractivity contribution in [1.29, 1.82) is 0 Å². The summed E-state index contributed by atoms with van der Waals surface area (Å²) < 4.78 is 1.21. The van der Waals surface area contributed by atoms with Crippen LogP contribution >= 0.6 is 11.3 Å². The van der Waals surface area contributed by atoms with E-state index in [0.717, 1.165) is 4.88 Å². The van der Waals surface area contributed by atoms with Crippen molar-refractivity contribution in [2.45, 2.75) is 12.8 Å². The first-order valence-electron chi connectivity index (χ1n) is 5.64. The number of rotatable bonds is 5. The third kappa shape index (κ3) is 3.28. The van der Waals surface area contributed by atoms with Crippen LogP contribution in [0.5, 0.6) is 0 Å². The number of nitrogens with one attached hydrogen (secondary N) is 1. The molecule has 0 fully saturated rings. The van der Waals surface area contributed by atoms with E-state index in [9.17, 15) is 4.79 Å². The van der Waals surface area contributed by atoms with Gasteiger partial charge in [0.15, 0.2) is 0 Å². The van der Waals surface area contributed by atoms with Crippen LogP contribution in [0.25, 0.3) is 10.1 Å². The second-order valence-electron chi connectivity index (χ2n) is 3.85. The topological polar surface area (TPSA) is 49.3 Å². The van der Waals surface area contributed by atoms with Crippen LogP contribution in [0.15, 0.2) is 30.3 Å². The number of hydrogen-bond acceptors (Lipinski definition) is 3. The maximum atomic E-state index is 11.6. The lowest BCUT2D eigenvalue weighted by Crippen LogP contribution is -2.26. The van der Waals surface area contributed by atoms with Crippen molar-refractivity contribution >= 4 is 27.3 Å². The number of carbonyl (C=O) groups excluding carboxylic acids is 1. The number of aliphatic hydroxyl groups is 1. The quantitative estimate of drug-likeness (QED) is 0.796. The first-order chi connectivity index (χ1) is 8.29. The molecular weight excluding hydrogens is 234 g/mol. The van der Waals surface area contributed by atoms with Gasteiger partial charge in [0.1, 0.15) is 0 Å². The molecule has 2 N–H and O–H groups in total. The van der Waals surface area contributed by atoms with E-state index in [1.807, 2.05) is 12.1 Å². The van der Waals surface area contributed by atoms with E-state index in [4.69, 9.17) is 5.11 Å². The van der Waals surface area contributed by atoms with Crippen LogP contribution in [-0.2, 0) is 11.2 Å². The molecule has 1 amide bonds. The fraction of sp³-hybridized carbons (Fsp3) is 0.308. The lowest BCUT2D eigenvalue weighted by molar-refractivity contribution is -0.120. The maximum absolute atomic E-state index is 11.6. The number of aliphatic hydroxyl groups excluding tert-OH is 1. The first kappa shape index (κ1) is 12.1. The molecule has 0 saturated heterocycles. The monoisotopic (exact) mass is 249 g/mol. The summed E-state index contributed by atoms with van der Waals surface area (Å²) >= 11 is 1.65. The van der Waals surface area contributed by atoms with Gasteiger partial charge in [-0.3, -0.25) is 4.79 Å². The number of fused-ring (bicyclic) bond motifs is 1. The van der Waals surface area contributed by atoms with Crippen LogP contribution in [0.2, 0.25) is 0 Å². The molecule has 0 atom stereocenters. The summed E-state index contributed by atoms with van der Waals surface area (Å²) in [5, 5.41) is 12.6. The third-order valence-corrected chi connectivity index (χ3v) is 3.58. The number of carbonyl (C=O) groups is 1. The summed E-state index contributed by atoms with van der Waals surface area (Å²) in [6.07, 6.45) is 1.03. The highest BCUT2D eigenvalue weighted by Crippen LogP contribution is 2.25. The van der Waals surface area contributed by atoms with Gasteiger partial charge in [-0.05, 0) is 23.9 Å². The zero-order valence-electron chi connectivity index (χ0n) is 9.48. The van der Waals surface area contributed by atoms with Gasteiger partial charge in [-0.1, -0.05) is 18.2 Å². The predicted octanol–water partition coefficient (Wildman–Crippen LogP) is 1.94. The highest BCUT2D eigenvalue weighted by atomic mass is 32.1. The molecule has 17 heavy (non-hydrogen) atoms. The van der Waals surface area contributed by atoms with Gasteiger partial charge in [0, 0.05) is 22.7 Å². The standard InChI is InChI=1S/C13H15NO2S/c15-7-3-6-14-13(16)9-11-8-10-4-1-2-5-12(10)17-11/h1-2,4-5,8,15H,3,6-7,9H2,(H,14,16). The molecule has 0 aliphatic rings. The number of thiophene rings is 1. The Morgan fingerprint density at radius 2 is 2.18 bits per heavy atom. The highest BCUT2D eigenvalue weighted by Gasteiger charge is 2.06. The molecule has 2 rings (SSSR count). The minimum absolute atomic E-state index is 0.0185. The fourth-order valence-electron chi connectivity index (χ4n) is 1.65. The van der Waals surface area contributed by atoms with Crippen molar-refractivity contribution < 1.29 is 9.90 Å². The van der Waals surface area contributed by atoms with Crippen molar-refractivity contribution in [3.63, 3.8) is 0 Å². The van der Waals surface area contributed by atoms with E-state index in [-0.39, 0.29) is 12.5 Å². The van der Waals surface area contributed by atoms with E-state index < -0.39 is 0 Å². The summed E-state index contributed by atoms with van der Waals surface area (Å²) in [6, 6.07) is 10.2. The largest absolute Gasteiger partial charge is 0.396 e.